The van der Waals surface area contributed by atoms with E-state index >= 15 is 0 Å². The zero-order chi connectivity index (χ0) is 13.1. The highest BCUT2D eigenvalue weighted by Gasteiger charge is 2.14. The van der Waals surface area contributed by atoms with Gasteiger partial charge in [0.05, 0.1) is 11.4 Å². The lowest BCUT2D eigenvalue weighted by atomic mass is 10.1. The highest BCUT2D eigenvalue weighted by Crippen LogP contribution is 2.44. The normalized spacial score (nSPS) is 12.5. The zero-order valence-electron chi connectivity index (χ0n) is 10.7. The third kappa shape index (κ3) is 2.77. The van der Waals surface area contributed by atoms with Crippen molar-refractivity contribution in [3.63, 3.8) is 0 Å². The topological polar surface area (TPSA) is 32.3 Å². The Morgan fingerprint density at radius 1 is 0.947 bits per heavy atom. The molecule has 0 amide bonds. The van der Waals surface area contributed by atoms with E-state index in [0.29, 0.717) is 0 Å². The number of aliphatic hydroxyl groups is 1. The SMILES string of the molecule is OCCCCc1ccc2c(c1)Nc1ccccc1S2. The summed E-state index contributed by atoms with van der Waals surface area (Å²) in [4.78, 5) is 2.56. The molecule has 0 aliphatic carbocycles. The fourth-order valence-electron chi connectivity index (χ4n) is 2.28. The van der Waals surface area contributed by atoms with Crippen LogP contribution in [0.25, 0.3) is 0 Å². The van der Waals surface area contributed by atoms with Crippen molar-refractivity contribution in [3.05, 3.63) is 48.0 Å². The van der Waals surface area contributed by atoms with Gasteiger partial charge in [-0.15, -0.1) is 0 Å². The molecule has 0 unspecified atom stereocenters. The van der Waals surface area contributed by atoms with Crippen molar-refractivity contribution in [3.8, 4) is 0 Å². The van der Waals surface area contributed by atoms with Crippen LogP contribution in [0, 0.1) is 0 Å². The highest BCUT2D eigenvalue weighted by atomic mass is 32.2. The van der Waals surface area contributed by atoms with Crippen LogP contribution in [0.5, 0.6) is 0 Å². The van der Waals surface area contributed by atoms with Gasteiger partial charge in [0.25, 0.3) is 0 Å². The summed E-state index contributed by atoms with van der Waals surface area (Å²) in [6.45, 7) is 0.284. The molecular formula is C16H17NOS. The number of hydrogen-bond donors (Lipinski definition) is 2. The molecule has 2 N–H and O–H groups in total. The minimum atomic E-state index is 0.284. The largest absolute Gasteiger partial charge is 0.396 e. The van der Waals surface area contributed by atoms with Gasteiger partial charge < -0.3 is 10.4 Å². The standard InChI is InChI=1S/C16H17NOS/c18-10-4-3-5-12-8-9-16-14(11-12)17-13-6-1-2-7-15(13)19-16/h1-2,6-9,11,17-18H,3-5,10H2. The van der Waals surface area contributed by atoms with Crippen LogP contribution in [0.15, 0.2) is 52.3 Å². The van der Waals surface area contributed by atoms with E-state index in [1.54, 1.807) is 0 Å². The van der Waals surface area contributed by atoms with Gasteiger partial charge in [-0.1, -0.05) is 30.0 Å². The van der Waals surface area contributed by atoms with Gasteiger partial charge in [0.15, 0.2) is 0 Å². The number of anilines is 2. The Labute approximate surface area is 117 Å². The third-order valence-electron chi connectivity index (χ3n) is 3.29. The minimum absolute atomic E-state index is 0.284. The molecule has 0 saturated carbocycles. The van der Waals surface area contributed by atoms with Crippen molar-refractivity contribution in [1.82, 2.24) is 0 Å². The first-order valence-corrected chi connectivity index (χ1v) is 7.46. The zero-order valence-corrected chi connectivity index (χ0v) is 11.5. The second-order valence-electron chi connectivity index (χ2n) is 4.73. The smallest absolute Gasteiger partial charge is 0.0529 e. The minimum Gasteiger partial charge on any atom is -0.396 e. The van der Waals surface area contributed by atoms with Gasteiger partial charge in [-0.3, -0.25) is 0 Å². The van der Waals surface area contributed by atoms with Crippen LogP contribution in [0.3, 0.4) is 0 Å². The molecule has 0 spiro atoms. The molecule has 2 aromatic rings. The molecule has 3 heteroatoms. The van der Waals surface area contributed by atoms with Crippen molar-refractivity contribution >= 4 is 23.1 Å². The summed E-state index contributed by atoms with van der Waals surface area (Å²) in [7, 11) is 0. The number of unbranched alkanes of at least 4 members (excludes halogenated alkanes) is 1. The lowest BCUT2D eigenvalue weighted by molar-refractivity contribution is 0.284. The third-order valence-corrected chi connectivity index (χ3v) is 4.45. The Hall–Kier alpha value is -1.45. The number of aryl methyl sites for hydroxylation is 1. The Balaban J connectivity index is 1.80. The monoisotopic (exact) mass is 271 g/mol. The fourth-order valence-corrected chi connectivity index (χ4v) is 3.25. The quantitative estimate of drug-likeness (QED) is 0.697. The first-order valence-electron chi connectivity index (χ1n) is 6.64. The van der Waals surface area contributed by atoms with E-state index in [1.165, 1.54) is 26.7 Å². The Kier molecular flexibility index (Phi) is 3.76. The van der Waals surface area contributed by atoms with Gasteiger partial charge in [-0.2, -0.15) is 0 Å². The van der Waals surface area contributed by atoms with Gasteiger partial charge in [-0.25, -0.2) is 0 Å². The average molecular weight is 271 g/mol. The Morgan fingerprint density at radius 2 is 1.79 bits per heavy atom. The van der Waals surface area contributed by atoms with Crippen LogP contribution < -0.4 is 5.32 Å². The summed E-state index contributed by atoms with van der Waals surface area (Å²) in [5.74, 6) is 0. The summed E-state index contributed by atoms with van der Waals surface area (Å²) >= 11 is 1.82. The summed E-state index contributed by atoms with van der Waals surface area (Å²) in [5.41, 5.74) is 3.72. The van der Waals surface area contributed by atoms with E-state index in [4.69, 9.17) is 5.11 Å². The number of hydrogen-bond acceptors (Lipinski definition) is 3. The molecule has 3 rings (SSSR count). The van der Waals surface area contributed by atoms with Gasteiger partial charge in [-0.05, 0) is 49.1 Å². The molecule has 1 aliphatic rings. The van der Waals surface area contributed by atoms with Crippen molar-refractivity contribution < 1.29 is 5.11 Å². The van der Waals surface area contributed by atoms with E-state index in [9.17, 15) is 0 Å². The number of benzene rings is 2. The van der Waals surface area contributed by atoms with Crippen LogP contribution >= 0.6 is 11.8 Å². The first-order chi connectivity index (χ1) is 9.36. The lowest BCUT2D eigenvalue weighted by Gasteiger charge is -2.21. The summed E-state index contributed by atoms with van der Waals surface area (Å²) in [6.07, 6.45) is 2.95. The van der Waals surface area contributed by atoms with E-state index in [-0.39, 0.29) is 6.61 Å². The highest BCUT2D eigenvalue weighted by molar-refractivity contribution is 7.99. The Morgan fingerprint density at radius 3 is 2.68 bits per heavy atom. The summed E-state index contributed by atoms with van der Waals surface area (Å²) < 4.78 is 0. The van der Waals surface area contributed by atoms with Crippen molar-refractivity contribution in [1.29, 1.82) is 0 Å². The molecule has 0 radical (unpaired) electrons. The molecule has 0 aromatic heterocycles. The molecule has 1 heterocycles. The number of para-hydroxylation sites is 1. The van der Waals surface area contributed by atoms with E-state index in [1.807, 2.05) is 11.8 Å². The van der Waals surface area contributed by atoms with Gasteiger partial charge >= 0.3 is 0 Å². The molecule has 0 saturated heterocycles. The van der Waals surface area contributed by atoms with E-state index in [2.05, 4.69) is 47.8 Å². The second kappa shape index (κ2) is 5.68. The number of rotatable bonds is 4. The molecule has 0 fully saturated rings. The number of fused-ring (bicyclic) bond motifs is 2. The van der Waals surface area contributed by atoms with E-state index < -0.39 is 0 Å². The van der Waals surface area contributed by atoms with Crippen LogP contribution in [0.4, 0.5) is 11.4 Å². The molecule has 19 heavy (non-hydrogen) atoms. The first kappa shape index (κ1) is 12.6. The molecule has 0 atom stereocenters. The molecule has 2 nitrogen and oxygen atoms in total. The molecular weight excluding hydrogens is 254 g/mol. The van der Waals surface area contributed by atoms with Crippen molar-refractivity contribution in [2.24, 2.45) is 0 Å². The number of nitrogens with one attached hydrogen (secondary N) is 1. The van der Waals surface area contributed by atoms with Crippen molar-refractivity contribution in [2.75, 3.05) is 11.9 Å². The van der Waals surface area contributed by atoms with Crippen LogP contribution in [-0.2, 0) is 6.42 Å². The number of aliphatic hydroxyl groups excluding tert-OH is 1. The average Bonchev–Trinajstić information content (AvgIpc) is 2.45. The van der Waals surface area contributed by atoms with Crippen LogP contribution in [0.1, 0.15) is 18.4 Å². The lowest BCUT2D eigenvalue weighted by Crippen LogP contribution is -2.00. The molecule has 1 aliphatic heterocycles. The predicted molar refractivity (Wildman–Crippen MR) is 80.3 cm³/mol. The summed E-state index contributed by atoms with van der Waals surface area (Å²) in [5, 5.41) is 12.3. The maximum Gasteiger partial charge on any atom is 0.0529 e. The van der Waals surface area contributed by atoms with Gasteiger partial charge in [0, 0.05) is 16.4 Å². The predicted octanol–water partition coefficient (Wildman–Crippen LogP) is 4.21. The fraction of sp³-hybridized carbons (Fsp3) is 0.250. The van der Waals surface area contributed by atoms with Crippen LogP contribution in [0.2, 0.25) is 0 Å². The van der Waals surface area contributed by atoms with Crippen LogP contribution in [-0.4, -0.2) is 11.7 Å². The van der Waals surface area contributed by atoms with Crippen molar-refractivity contribution in [2.45, 2.75) is 29.1 Å². The Bertz CT molecular complexity index is 583. The van der Waals surface area contributed by atoms with Gasteiger partial charge in [0.1, 0.15) is 0 Å². The summed E-state index contributed by atoms with van der Waals surface area (Å²) in [6, 6.07) is 15.0. The molecule has 98 valence electrons. The van der Waals surface area contributed by atoms with Gasteiger partial charge in [0.2, 0.25) is 0 Å². The maximum atomic E-state index is 8.83. The molecule has 0 bridgehead atoms. The van der Waals surface area contributed by atoms with E-state index in [0.717, 1.165) is 19.3 Å². The maximum absolute atomic E-state index is 8.83. The molecule has 2 aromatic carbocycles. The second-order valence-corrected chi connectivity index (χ2v) is 5.82.